The molecule has 0 aliphatic heterocycles. The van der Waals surface area contributed by atoms with Gasteiger partial charge in [0.05, 0.1) is 17.3 Å². The van der Waals surface area contributed by atoms with E-state index < -0.39 is 0 Å². The minimum absolute atomic E-state index is 0.0841. The van der Waals surface area contributed by atoms with Crippen LogP contribution in [0, 0.1) is 0 Å². The van der Waals surface area contributed by atoms with E-state index in [0.29, 0.717) is 5.56 Å². The second-order valence-corrected chi connectivity index (χ2v) is 4.38. The number of nitrogens with zero attached hydrogens (tertiary/aromatic N) is 2. The van der Waals surface area contributed by atoms with Gasteiger partial charge in [0.1, 0.15) is 0 Å². The highest BCUT2D eigenvalue weighted by molar-refractivity contribution is 6.05. The molecule has 0 aliphatic rings. The lowest BCUT2D eigenvalue weighted by atomic mass is 10.1. The number of aromatic amines is 1. The van der Waals surface area contributed by atoms with Gasteiger partial charge in [-0.15, -0.1) is 0 Å². The Morgan fingerprint density at radius 1 is 1.39 bits per heavy atom. The van der Waals surface area contributed by atoms with E-state index in [0.717, 1.165) is 36.8 Å². The maximum Gasteiger partial charge on any atom is 0.256 e. The third-order valence-corrected chi connectivity index (χ3v) is 3.16. The lowest BCUT2D eigenvalue weighted by Gasteiger charge is -2.20. The Kier molecular flexibility index (Phi) is 3.97. The molecule has 1 N–H and O–H groups in total. The molecule has 0 radical (unpaired) electrons. The van der Waals surface area contributed by atoms with Crippen LogP contribution in [0.2, 0.25) is 0 Å². The third-order valence-electron chi connectivity index (χ3n) is 3.16. The van der Waals surface area contributed by atoms with E-state index in [-0.39, 0.29) is 5.91 Å². The van der Waals surface area contributed by atoms with Gasteiger partial charge in [-0.25, -0.2) is 0 Å². The zero-order valence-corrected chi connectivity index (χ0v) is 10.9. The number of nitrogens with one attached hydrogen (secondary N) is 1. The van der Waals surface area contributed by atoms with Crippen LogP contribution in [-0.4, -0.2) is 34.1 Å². The standard InChI is InChI=1S/C14H19N3O/c1-3-5-9-17(4-2)14(18)12-8-6-7-11-10-15-16-13(11)12/h6-8,10H,3-5,9H2,1-2H3,(H,15,16). The lowest BCUT2D eigenvalue weighted by Crippen LogP contribution is -2.31. The molecule has 0 saturated heterocycles. The molecular weight excluding hydrogens is 226 g/mol. The second-order valence-electron chi connectivity index (χ2n) is 4.38. The summed E-state index contributed by atoms with van der Waals surface area (Å²) in [5.41, 5.74) is 1.54. The third kappa shape index (κ3) is 2.37. The van der Waals surface area contributed by atoms with Gasteiger partial charge >= 0.3 is 0 Å². The summed E-state index contributed by atoms with van der Waals surface area (Å²) in [6, 6.07) is 5.72. The Morgan fingerprint density at radius 2 is 2.22 bits per heavy atom. The van der Waals surface area contributed by atoms with Gasteiger partial charge in [0.25, 0.3) is 5.91 Å². The Morgan fingerprint density at radius 3 is 2.94 bits per heavy atom. The summed E-state index contributed by atoms with van der Waals surface area (Å²) >= 11 is 0. The van der Waals surface area contributed by atoms with Crippen molar-refractivity contribution in [2.24, 2.45) is 0 Å². The molecule has 1 heterocycles. The summed E-state index contributed by atoms with van der Waals surface area (Å²) in [6.07, 6.45) is 3.88. The number of H-pyrrole nitrogens is 1. The Bertz CT molecular complexity index is 533. The van der Waals surface area contributed by atoms with Crippen molar-refractivity contribution in [1.29, 1.82) is 0 Å². The maximum atomic E-state index is 12.5. The number of hydrogen-bond acceptors (Lipinski definition) is 2. The Hall–Kier alpha value is -1.84. The van der Waals surface area contributed by atoms with Gasteiger partial charge in [-0.2, -0.15) is 5.10 Å². The number of aromatic nitrogens is 2. The van der Waals surface area contributed by atoms with Crippen molar-refractivity contribution >= 4 is 16.8 Å². The summed E-state index contributed by atoms with van der Waals surface area (Å²) in [5, 5.41) is 7.88. The van der Waals surface area contributed by atoms with Gasteiger partial charge in [0, 0.05) is 18.5 Å². The smallest absolute Gasteiger partial charge is 0.256 e. The average Bonchev–Trinajstić information content (AvgIpc) is 2.87. The zero-order valence-electron chi connectivity index (χ0n) is 10.9. The fourth-order valence-electron chi connectivity index (χ4n) is 2.07. The van der Waals surface area contributed by atoms with Crippen LogP contribution in [0.5, 0.6) is 0 Å². The highest BCUT2D eigenvalue weighted by atomic mass is 16.2. The second kappa shape index (κ2) is 5.67. The molecule has 18 heavy (non-hydrogen) atoms. The number of fused-ring (bicyclic) bond motifs is 1. The molecule has 1 aromatic carbocycles. The molecule has 0 saturated carbocycles. The predicted octanol–water partition coefficient (Wildman–Crippen LogP) is 2.83. The first-order valence-electron chi connectivity index (χ1n) is 6.49. The van der Waals surface area contributed by atoms with Crippen LogP contribution in [0.15, 0.2) is 24.4 Å². The molecule has 96 valence electrons. The molecule has 1 amide bonds. The molecule has 0 unspecified atom stereocenters. The van der Waals surface area contributed by atoms with Crippen LogP contribution in [0.3, 0.4) is 0 Å². The molecule has 4 heteroatoms. The first-order valence-corrected chi connectivity index (χ1v) is 6.49. The van der Waals surface area contributed by atoms with E-state index in [1.807, 2.05) is 30.0 Å². The van der Waals surface area contributed by atoms with Crippen molar-refractivity contribution in [3.8, 4) is 0 Å². The van der Waals surface area contributed by atoms with E-state index in [1.165, 1.54) is 0 Å². The van der Waals surface area contributed by atoms with Crippen molar-refractivity contribution in [1.82, 2.24) is 15.1 Å². The summed E-state index contributed by atoms with van der Waals surface area (Å²) < 4.78 is 0. The number of carbonyl (C=O) groups is 1. The van der Waals surface area contributed by atoms with Crippen LogP contribution in [0.1, 0.15) is 37.0 Å². The number of benzene rings is 1. The number of hydrogen-bond donors (Lipinski definition) is 1. The zero-order chi connectivity index (χ0) is 13.0. The van der Waals surface area contributed by atoms with E-state index >= 15 is 0 Å². The van der Waals surface area contributed by atoms with Gasteiger partial charge in [0.2, 0.25) is 0 Å². The van der Waals surface area contributed by atoms with E-state index in [2.05, 4.69) is 17.1 Å². The normalized spacial score (nSPS) is 10.8. The Balaban J connectivity index is 2.29. The first-order chi connectivity index (χ1) is 8.77. The highest BCUT2D eigenvalue weighted by Gasteiger charge is 2.16. The monoisotopic (exact) mass is 245 g/mol. The van der Waals surface area contributed by atoms with E-state index in [1.54, 1.807) is 6.20 Å². The number of para-hydroxylation sites is 1. The van der Waals surface area contributed by atoms with Crippen LogP contribution in [-0.2, 0) is 0 Å². The largest absolute Gasteiger partial charge is 0.339 e. The summed E-state index contributed by atoms with van der Waals surface area (Å²) in [4.78, 5) is 14.4. The minimum atomic E-state index is 0.0841. The number of rotatable bonds is 5. The van der Waals surface area contributed by atoms with Gasteiger partial charge in [-0.1, -0.05) is 25.5 Å². The van der Waals surface area contributed by atoms with Gasteiger partial charge in [-0.05, 0) is 19.4 Å². The van der Waals surface area contributed by atoms with E-state index in [4.69, 9.17) is 0 Å². The van der Waals surface area contributed by atoms with Gasteiger partial charge in [-0.3, -0.25) is 9.89 Å². The van der Waals surface area contributed by atoms with Crippen LogP contribution in [0.4, 0.5) is 0 Å². The average molecular weight is 245 g/mol. The summed E-state index contributed by atoms with van der Waals surface area (Å²) in [7, 11) is 0. The van der Waals surface area contributed by atoms with Crippen molar-refractivity contribution in [2.45, 2.75) is 26.7 Å². The quantitative estimate of drug-likeness (QED) is 0.880. The molecule has 2 aromatic rings. The number of unbranched alkanes of at least 4 members (excludes halogenated alkanes) is 1. The predicted molar refractivity (Wildman–Crippen MR) is 72.6 cm³/mol. The molecule has 0 fully saturated rings. The number of carbonyl (C=O) groups excluding carboxylic acids is 1. The van der Waals surface area contributed by atoms with Crippen molar-refractivity contribution < 1.29 is 4.79 Å². The fraction of sp³-hybridized carbons (Fsp3) is 0.429. The molecule has 0 spiro atoms. The van der Waals surface area contributed by atoms with Crippen LogP contribution >= 0.6 is 0 Å². The van der Waals surface area contributed by atoms with Crippen LogP contribution < -0.4 is 0 Å². The molecule has 2 rings (SSSR count). The first kappa shape index (κ1) is 12.6. The Labute approximate surface area is 107 Å². The lowest BCUT2D eigenvalue weighted by molar-refractivity contribution is 0.0764. The maximum absolute atomic E-state index is 12.5. The highest BCUT2D eigenvalue weighted by Crippen LogP contribution is 2.17. The van der Waals surface area contributed by atoms with Crippen LogP contribution in [0.25, 0.3) is 10.9 Å². The fourth-order valence-corrected chi connectivity index (χ4v) is 2.07. The molecule has 4 nitrogen and oxygen atoms in total. The molecule has 0 atom stereocenters. The molecule has 1 aromatic heterocycles. The summed E-state index contributed by atoms with van der Waals surface area (Å²) in [5.74, 6) is 0.0841. The van der Waals surface area contributed by atoms with Gasteiger partial charge in [0.15, 0.2) is 0 Å². The topological polar surface area (TPSA) is 49.0 Å². The molecule has 0 aliphatic carbocycles. The van der Waals surface area contributed by atoms with Gasteiger partial charge < -0.3 is 4.90 Å². The van der Waals surface area contributed by atoms with Crippen molar-refractivity contribution in [3.63, 3.8) is 0 Å². The number of amides is 1. The SMILES string of the molecule is CCCCN(CC)C(=O)c1cccc2cn[nH]c12. The van der Waals surface area contributed by atoms with E-state index in [9.17, 15) is 4.79 Å². The summed E-state index contributed by atoms with van der Waals surface area (Å²) in [6.45, 7) is 5.70. The van der Waals surface area contributed by atoms with Crippen molar-refractivity contribution in [2.75, 3.05) is 13.1 Å². The molecule has 0 bridgehead atoms. The molecular formula is C14H19N3O. The minimum Gasteiger partial charge on any atom is -0.339 e. The van der Waals surface area contributed by atoms with Crippen molar-refractivity contribution in [3.05, 3.63) is 30.0 Å².